The van der Waals surface area contributed by atoms with Gasteiger partial charge in [0.25, 0.3) is 0 Å². The van der Waals surface area contributed by atoms with Crippen LogP contribution in [0.25, 0.3) is 11.1 Å². The Labute approximate surface area is 116 Å². The molecule has 0 bridgehead atoms. The van der Waals surface area contributed by atoms with Crippen LogP contribution >= 0.6 is 0 Å². The van der Waals surface area contributed by atoms with E-state index in [1.165, 1.54) is 6.07 Å². The predicted molar refractivity (Wildman–Crippen MR) is 74.3 cm³/mol. The van der Waals surface area contributed by atoms with Gasteiger partial charge in [0.2, 0.25) is 0 Å². The Hall–Kier alpha value is -2.36. The fourth-order valence-corrected chi connectivity index (χ4v) is 1.84. The van der Waals surface area contributed by atoms with Crippen LogP contribution in [0.4, 0.5) is 4.39 Å². The van der Waals surface area contributed by atoms with Crippen molar-refractivity contribution in [2.24, 2.45) is 0 Å². The van der Waals surface area contributed by atoms with E-state index in [1.54, 1.807) is 30.3 Å². The summed E-state index contributed by atoms with van der Waals surface area (Å²) in [5.41, 5.74) is 2.17. The number of hydrogen-bond donors (Lipinski definition) is 1. The van der Waals surface area contributed by atoms with Gasteiger partial charge in [-0.2, -0.15) is 0 Å². The molecule has 3 nitrogen and oxygen atoms in total. The molecule has 0 heterocycles. The van der Waals surface area contributed by atoms with E-state index in [0.29, 0.717) is 11.3 Å². The van der Waals surface area contributed by atoms with E-state index in [-0.39, 0.29) is 18.8 Å². The number of carboxylic acid groups (broad SMARTS) is 1. The molecule has 0 radical (unpaired) electrons. The molecule has 0 saturated heterocycles. The first kappa shape index (κ1) is 14.1. The van der Waals surface area contributed by atoms with E-state index < -0.39 is 5.97 Å². The molecule has 0 unspecified atom stereocenters. The van der Waals surface area contributed by atoms with Crippen LogP contribution in [0.15, 0.2) is 42.5 Å². The Balaban J connectivity index is 2.09. The highest BCUT2D eigenvalue weighted by molar-refractivity contribution is 5.67. The molecule has 0 fully saturated rings. The van der Waals surface area contributed by atoms with Gasteiger partial charge in [-0.1, -0.05) is 24.3 Å². The summed E-state index contributed by atoms with van der Waals surface area (Å²) in [6.07, 6.45) is -0.0473. The summed E-state index contributed by atoms with van der Waals surface area (Å²) in [7, 11) is 0. The van der Waals surface area contributed by atoms with Gasteiger partial charge in [-0.15, -0.1) is 0 Å². The number of carbonyl (C=O) groups is 1. The van der Waals surface area contributed by atoms with Crippen molar-refractivity contribution in [2.45, 2.75) is 13.3 Å². The zero-order valence-corrected chi connectivity index (χ0v) is 11.1. The van der Waals surface area contributed by atoms with E-state index in [9.17, 15) is 9.18 Å². The maximum absolute atomic E-state index is 13.8. The number of ether oxygens (including phenoxy) is 1. The Bertz CT molecular complexity index is 606. The van der Waals surface area contributed by atoms with Crippen molar-refractivity contribution in [3.05, 3.63) is 53.8 Å². The largest absolute Gasteiger partial charge is 0.493 e. The molecule has 0 aliphatic heterocycles. The second kappa shape index (κ2) is 6.19. The van der Waals surface area contributed by atoms with Crippen molar-refractivity contribution in [1.29, 1.82) is 0 Å². The number of aliphatic carboxylic acids is 1. The molecular formula is C16H15FO3. The van der Waals surface area contributed by atoms with E-state index >= 15 is 0 Å². The third-order valence-corrected chi connectivity index (χ3v) is 2.87. The van der Waals surface area contributed by atoms with Crippen molar-refractivity contribution in [2.75, 3.05) is 6.61 Å². The van der Waals surface area contributed by atoms with Crippen LogP contribution in [-0.2, 0) is 4.79 Å². The molecule has 2 rings (SSSR count). The zero-order valence-electron chi connectivity index (χ0n) is 11.1. The van der Waals surface area contributed by atoms with Crippen LogP contribution in [0, 0.1) is 12.7 Å². The first-order valence-corrected chi connectivity index (χ1v) is 6.27. The summed E-state index contributed by atoms with van der Waals surface area (Å²) >= 11 is 0. The summed E-state index contributed by atoms with van der Waals surface area (Å²) in [4.78, 5) is 10.4. The topological polar surface area (TPSA) is 46.5 Å². The third-order valence-electron chi connectivity index (χ3n) is 2.87. The fourth-order valence-electron chi connectivity index (χ4n) is 1.84. The van der Waals surface area contributed by atoms with Crippen molar-refractivity contribution < 1.29 is 19.0 Å². The second-order valence-electron chi connectivity index (χ2n) is 4.50. The highest BCUT2D eigenvalue weighted by Gasteiger charge is 2.05. The molecule has 0 amide bonds. The van der Waals surface area contributed by atoms with Crippen LogP contribution in [0.2, 0.25) is 0 Å². The molecule has 0 aliphatic rings. The standard InChI is InChI=1S/C16H15FO3/c1-11-2-7-14(15(17)10-11)12-3-5-13(6-4-12)20-9-8-16(18)19/h2-7,10H,8-9H2,1H3,(H,18,19). The number of rotatable bonds is 5. The van der Waals surface area contributed by atoms with Crippen LogP contribution in [-0.4, -0.2) is 17.7 Å². The number of carboxylic acids is 1. The second-order valence-corrected chi connectivity index (χ2v) is 4.50. The van der Waals surface area contributed by atoms with Gasteiger partial charge in [0, 0.05) is 5.56 Å². The maximum atomic E-state index is 13.8. The lowest BCUT2D eigenvalue weighted by molar-refractivity contribution is -0.137. The van der Waals surface area contributed by atoms with Crippen molar-refractivity contribution in [3.63, 3.8) is 0 Å². The van der Waals surface area contributed by atoms with Gasteiger partial charge >= 0.3 is 5.97 Å². The molecule has 1 N–H and O–H groups in total. The number of hydrogen-bond acceptors (Lipinski definition) is 2. The summed E-state index contributed by atoms with van der Waals surface area (Å²) < 4.78 is 19.1. The molecule has 0 spiro atoms. The van der Waals surface area contributed by atoms with Crippen molar-refractivity contribution >= 4 is 5.97 Å². The predicted octanol–water partition coefficient (Wildman–Crippen LogP) is 3.65. The van der Waals surface area contributed by atoms with Gasteiger partial charge < -0.3 is 9.84 Å². The fraction of sp³-hybridized carbons (Fsp3) is 0.188. The summed E-state index contributed by atoms with van der Waals surface area (Å²) in [5, 5.41) is 8.52. The quantitative estimate of drug-likeness (QED) is 0.905. The Morgan fingerprint density at radius 1 is 1.20 bits per heavy atom. The minimum Gasteiger partial charge on any atom is -0.493 e. The normalized spacial score (nSPS) is 10.3. The van der Waals surface area contributed by atoms with E-state index in [0.717, 1.165) is 11.1 Å². The van der Waals surface area contributed by atoms with Crippen LogP contribution < -0.4 is 4.74 Å². The Morgan fingerprint density at radius 2 is 1.90 bits per heavy atom. The molecule has 20 heavy (non-hydrogen) atoms. The smallest absolute Gasteiger partial charge is 0.306 e. The SMILES string of the molecule is Cc1ccc(-c2ccc(OCCC(=O)O)cc2)c(F)c1. The summed E-state index contributed by atoms with van der Waals surface area (Å²) in [6, 6.07) is 12.0. The van der Waals surface area contributed by atoms with Crippen molar-refractivity contribution in [1.82, 2.24) is 0 Å². The highest BCUT2D eigenvalue weighted by atomic mass is 19.1. The van der Waals surface area contributed by atoms with Crippen LogP contribution in [0.1, 0.15) is 12.0 Å². The van der Waals surface area contributed by atoms with Gasteiger partial charge in [-0.25, -0.2) is 4.39 Å². The summed E-state index contributed by atoms with van der Waals surface area (Å²) in [5.74, 6) is -0.588. The molecule has 0 aliphatic carbocycles. The Morgan fingerprint density at radius 3 is 2.50 bits per heavy atom. The molecule has 2 aromatic carbocycles. The monoisotopic (exact) mass is 274 g/mol. The third kappa shape index (κ3) is 3.57. The van der Waals surface area contributed by atoms with E-state index in [1.807, 2.05) is 13.0 Å². The molecular weight excluding hydrogens is 259 g/mol. The minimum atomic E-state index is -0.900. The van der Waals surface area contributed by atoms with Crippen molar-refractivity contribution in [3.8, 4) is 16.9 Å². The van der Waals surface area contributed by atoms with Gasteiger partial charge in [0.15, 0.2) is 0 Å². The van der Waals surface area contributed by atoms with E-state index in [2.05, 4.69) is 0 Å². The molecule has 0 atom stereocenters. The molecule has 2 aromatic rings. The van der Waals surface area contributed by atoms with E-state index in [4.69, 9.17) is 9.84 Å². The number of benzene rings is 2. The molecule has 0 aromatic heterocycles. The first-order valence-electron chi connectivity index (χ1n) is 6.27. The zero-order chi connectivity index (χ0) is 14.5. The Kier molecular flexibility index (Phi) is 4.35. The van der Waals surface area contributed by atoms with Crippen LogP contribution in [0.3, 0.4) is 0 Å². The lowest BCUT2D eigenvalue weighted by Crippen LogP contribution is -2.04. The van der Waals surface area contributed by atoms with Gasteiger partial charge in [-0.05, 0) is 36.2 Å². The first-order chi connectivity index (χ1) is 9.56. The van der Waals surface area contributed by atoms with Gasteiger partial charge in [-0.3, -0.25) is 4.79 Å². The average molecular weight is 274 g/mol. The molecule has 4 heteroatoms. The van der Waals surface area contributed by atoms with Gasteiger partial charge in [0.1, 0.15) is 11.6 Å². The minimum absolute atomic E-state index is 0.0473. The number of aryl methyl sites for hydroxylation is 1. The maximum Gasteiger partial charge on any atom is 0.306 e. The number of halogens is 1. The lowest BCUT2D eigenvalue weighted by Gasteiger charge is -2.07. The molecule has 0 saturated carbocycles. The van der Waals surface area contributed by atoms with Crippen LogP contribution in [0.5, 0.6) is 5.75 Å². The lowest BCUT2D eigenvalue weighted by atomic mass is 10.0. The summed E-state index contributed by atoms with van der Waals surface area (Å²) in [6.45, 7) is 1.96. The highest BCUT2D eigenvalue weighted by Crippen LogP contribution is 2.25. The molecule has 104 valence electrons. The van der Waals surface area contributed by atoms with Gasteiger partial charge in [0.05, 0.1) is 13.0 Å². The average Bonchev–Trinajstić information content (AvgIpc) is 2.39.